The van der Waals surface area contributed by atoms with E-state index in [1.165, 1.54) is 11.0 Å². The van der Waals surface area contributed by atoms with Crippen LogP contribution in [0.5, 0.6) is 0 Å². The number of carbonyl (C=O) groups excluding carboxylic acids is 2. The third-order valence-corrected chi connectivity index (χ3v) is 7.11. The number of benzene rings is 1. The molecule has 2 unspecified atom stereocenters. The summed E-state index contributed by atoms with van der Waals surface area (Å²) < 4.78 is 26.1. The number of anilines is 1. The number of piperidine rings is 1. The smallest absolute Gasteiger partial charge is 0.414 e. The standard InChI is InChI=1S/C26H28FN5O4/c1-25(2,3)36-23(33)31-12-19-20(13-31)26(19,14-29)22-18(5-4-8-30-22)17-7-6-15(9-21(17)27)32-11-16(10-28)35-24(32)34/h4-9,16,19-20H,10-13,28H2,1-3H3/t16-,19?,20?,26?/m0/s1. The van der Waals surface area contributed by atoms with E-state index in [4.69, 9.17) is 15.2 Å². The van der Waals surface area contributed by atoms with Crippen molar-refractivity contribution in [1.82, 2.24) is 9.88 Å². The van der Waals surface area contributed by atoms with E-state index in [0.717, 1.165) is 0 Å². The summed E-state index contributed by atoms with van der Waals surface area (Å²) in [7, 11) is 0. The van der Waals surface area contributed by atoms with Crippen molar-refractivity contribution in [2.75, 3.05) is 31.1 Å². The fourth-order valence-corrected chi connectivity index (χ4v) is 5.37. The summed E-state index contributed by atoms with van der Waals surface area (Å²) in [5.41, 5.74) is 5.75. The number of rotatable bonds is 4. The van der Waals surface area contributed by atoms with Crippen molar-refractivity contribution in [3.8, 4) is 17.2 Å². The highest BCUT2D eigenvalue weighted by molar-refractivity contribution is 5.90. The lowest BCUT2D eigenvalue weighted by Crippen LogP contribution is -2.39. The summed E-state index contributed by atoms with van der Waals surface area (Å²) in [4.78, 5) is 32.2. The molecule has 0 radical (unpaired) electrons. The van der Waals surface area contributed by atoms with Crippen molar-refractivity contribution >= 4 is 17.9 Å². The molecule has 2 aliphatic heterocycles. The maximum absolute atomic E-state index is 15.4. The molecule has 36 heavy (non-hydrogen) atoms. The van der Waals surface area contributed by atoms with Gasteiger partial charge in [0, 0.05) is 48.8 Å². The molecule has 3 atom stereocenters. The van der Waals surface area contributed by atoms with Crippen LogP contribution in [-0.2, 0) is 14.9 Å². The number of carbonyl (C=O) groups is 2. The number of pyridine rings is 1. The van der Waals surface area contributed by atoms with Crippen LogP contribution in [-0.4, -0.2) is 60.0 Å². The van der Waals surface area contributed by atoms with Gasteiger partial charge in [-0.15, -0.1) is 0 Å². The quantitative estimate of drug-likeness (QED) is 0.692. The molecular weight excluding hydrogens is 465 g/mol. The molecule has 0 bridgehead atoms. The lowest BCUT2D eigenvalue weighted by atomic mass is 9.89. The van der Waals surface area contributed by atoms with Gasteiger partial charge in [0.25, 0.3) is 0 Å². The summed E-state index contributed by atoms with van der Waals surface area (Å²) in [6.07, 6.45) is 0.192. The number of amides is 2. The first-order valence-corrected chi connectivity index (χ1v) is 11.9. The zero-order chi connectivity index (χ0) is 25.8. The Labute approximate surface area is 208 Å². The largest absolute Gasteiger partial charge is 0.444 e. The Hall–Kier alpha value is -3.71. The Balaban J connectivity index is 1.41. The highest BCUT2D eigenvalue weighted by Crippen LogP contribution is 2.64. The van der Waals surface area contributed by atoms with Gasteiger partial charge in [-0.2, -0.15) is 5.26 Å². The van der Waals surface area contributed by atoms with Crippen LogP contribution in [0.25, 0.3) is 11.1 Å². The van der Waals surface area contributed by atoms with Crippen molar-refractivity contribution in [1.29, 1.82) is 5.26 Å². The van der Waals surface area contributed by atoms with E-state index >= 15 is 4.39 Å². The van der Waals surface area contributed by atoms with E-state index in [9.17, 15) is 14.9 Å². The number of ether oxygens (including phenoxy) is 2. The average Bonchev–Trinajstić information content (AvgIpc) is 3.13. The molecule has 1 aliphatic carbocycles. The number of cyclic esters (lactones) is 1. The number of aromatic nitrogens is 1. The normalized spacial score (nSPS) is 26.9. The molecule has 188 valence electrons. The molecule has 3 fully saturated rings. The van der Waals surface area contributed by atoms with Gasteiger partial charge >= 0.3 is 12.2 Å². The summed E-state index contributed by atoms with van der Waals surface area (Å²) in [6.45, 7) is 6.63. The number of nitriles is 1. The topological polar surface area (TPSA) is 122 Å². The first-order chi connectivity index (χ1) is 17.1. The molecule has 1 aromatic heterocycles. The van der Waals surface area contributed by atoms with E-state index < -0.39 is 35.1 Å². The molecule has 2 amide bonds. The van der Waals surface area contributed by atoms with Crippen LogP contribution in [0.15, 0.2) is 36.5 Å². The van der Waals surface area contributed by atoms with Gasteiger partial charge in [0.2, 0.25) is 0 Å². The zero-order valence-electron chi connectivity index (χ0n) is 20.4. The van der Waals surface area contributed by atoms with E-state index in [1.807, 2.05) is 20.8 Å². The second-order valence-corrected chi connectivity index (χ2v) is 10.5. The predicted molar refractivity (Wildman–Crippen MR) is 128 cm³/mol. The molecule has 10 heteroatoms. The van der Waals surface area contributed by atoms with Gasteiger partial charge in [-0.3, -0.25) is 9.88 Å². The highest BCUT2D eigenvalue weighted by atomic mass is 19.1. The van der Waals surface area contributed by atoms with Crippen molar-refractivity contribution < 1.29 is 23.5 Å². The van der Waals surface area contributed by atoms with E-state index in [1.54, 1.807) is 35.4 Å². The van der Waals surface area contributed by atoms with Crippen LogP contribution in [0, 0.1) is 29.0 Å². The number of nitrogens with zero attached hydrogens (tertiary/aromatic N) is 4. The molecule has 2 N–H and O–H groups in total. The number of hydrogen-bond donors (Lipinski definition) is 1. The summed E-state index contributed by atoms with van der Waals surface area (Å²) in [5.74, 6) is -0.767. The second kappa shape index (κ2) is 8.45. The highest BCUT2D eigenvalue weighted by Gasteiger charge is 2.72. The van der Waals surface area contributed by atoms with Crippen molar-refractivity contribution in [2.45, 2.75) is 37.9 Å². The van der Waals surface area contributed by atoms with Crippen molar-refractivity contribution in [3.05, 3.63) is 48.0 Å². The SMILES string of the molecule is CC(C)(C)OC(=O)N1CC2C(C1)C2(C#N)c1ncccc1-c1ccc(N2C[C@H](CN)OC2=O)cc1F. The van der Waals surface area contributed by atoms with E-state index in [2.05, 4.69) is 11.1 Å². The van der Waals surface area contributed by atoms with Gasteiger partial charge < -0.3 is 20.1 Å². The Kier molecular flexibility index (Phi) is 5.63. The first-order valence-electron chi connectivity index (χ1n) is 11.9. The van der Waals surface area contributed by atoms with E-state index in [0.29, 0.717) is 30.0 Å². The Bertz CT molecular complexity index is 1260. The lowest BCUT2D eigenvalue weighted by molar-refractivity contribution is 0.0265. The first kappa shape index (κ1) is 24.0. The fraction of sp³-hybridized carbons (Fsp3) is 0.462. The summed E-state index contributed by atoms with van der Waals surface area (Å²) >= 11 is 0. The Morgan fingerprint density at radius 3 is 2.58 bits per heavy atom. The molecule has 1 saturated carbocycles. The van der Waals surface area contributed by atoms with Gasteiger partial charge in [0.1, 0.15) is 22.9 Å². The van der Waals surface area contributed by atoms with E-state index in [-0.39, 0.29) is 30.5 Å². The molecule has 3 heterocycles. The summed E-state index contributed by atoms with van der Waals surface area (Å²) in [6, 6.07) is 10.4. The van der Waals surface area contributed by atoms with Gasteiger partial charge in [-0.05, 0) is 45.0 Å². The van der Waals surface area contributed by atoms with Gasteiger partial charge in [-0.25, -0.2) is 14.0 Å². The monoisotopic (exact) mass is 493 g/mol. The predicted octanol–water partition coefficient (Wildman–Crippen LogP) is 3.43. The van der Waals surface area contributed by atoms with Crippen LogP contribution >= 0.6 is 0 Å². The minimum atomic E-state index is -0.909. The molecule has 9 nitrogen and oxygen atoms in total. The summed E-state index contributed by atoms with van der Waals surface area (Å²) in [5, 5.41) is 10.2. The van der Waals surface area contributed by atoms with Crippen LogP contribution in [0.3, 0.4) is 0 Å². The molecular formula is C26H28FN5O4. The third kappa shape index (κ3) is 3.84. The number of likely N-dealkylation sites (tertiary alicyclic amines) is 1. The van der Waals surface area contributed by atoms with Crippen LogP contribution in [0.1, 0.15) is 26.5 Å². The molecule has 0 spiro atoms. The minimum absolute atomic E-state index is 0.112. The second-order valence-electron chi connectivity index (χ2n) is 10.5. The lowest BCUT2D eigenvalue weighted by Gasteiger charge is -2.27. The number of nitrogens with two attached hydrogens (primary N) is 1. The Morgan fingerprint density at radius 2 is 2.00 bits per heavy atom. The van der Waals surface area contributed by atoms with Gasteiger partial charge in [0.05, 0.1) is 24.0 Å². The molecule has 3 aliphatic rings. The van der Waals surface area contributed by atoms with Gasteiger partial charge in [-0.1, -0.05) is 6.07 Å². The van der Waals surface area contributed by atoms with Gasteiger partial charge in [0.15, 0.2) is 0 Å². The van der Waals surface area contributed by atoms with Crippen LogP contribution in [0.4, 0.5) is 19.7 Å². The number of hydrogen-bond acceptors (Lipinski definition) is 7. The Morgan fingerprint density at radius 1 is 1.28 bits per heavy atom. The van der Waals surface area contributed by atoms with Crippen molar-refractivity contribution in [3.63, 3.8) is 0 Å². The molecule has 1 aromatic carbocycles. The number of fused-ring (bicyclic) bond motifs is 1. The number of halogens is 1. The molecule has 5 rings (SSSR count). The third-order valence-electron chi connectivity index (χ3n) is 7.11. The molecule has 2 aromatic rings. The fourth-order valence-electron chi connectivity index (χ4n) is 5.37. The zero-order valence-corrected chi connectivity index (χ0v) is 20.4. The minimum Gasteiger partial charge on any atom is -0.444 e. The van der Waals surface area contributed by atoms with Crippen LogP contribution in [0.2, 0.25) is 0 Å². The maximum atomic E-state index is 15.4. The maximum Gasteiger partial charge on any atom is 0.414 e. The molecule has 2 saturated heterocycles. The average molecular weight is 494 g/mol. The van der Waals surface area contributed by atoms with Crippen molar-refractivity contribution in [2.24, 2.45) is 17.6 Å². The van der Waals surface area contributed by atoms with Crippen LogP contribution < -0.4 is 10.6 Å².